The van der Waals surface area contributed by atoms with Gasteiger partial charge in [0.25, 0.3) is 0 Å². The molecule has 1 heterocycles. The Kier molecular flexibility index (Phi) is 4.13. The maximum Gasteiger partial charge on any atom is 0.319 e. The Bertz CT molecular complexity index is 138. The van der Waals surface area contributed by atoms with Gasteiger partial charge in [-0.1, -0.05) is 26.2 Å². The van der Waals surface area contributed by atoms with E-state index in [2.05, 4.69) is 6.92 Å². The number of hydrogen-bond donors (Lipinski definition) is 0. The Morgan fingerprint density at radius 1 is 1.55 bits per heavy atom. The van der Waals surface area contributed by atoms with Crippen LogP contribution in [-0.4, -0.2) is 12.7 Å². The third-order valence-corrected chi connectivity index (χ3v) is 2.71. The molecule has 2 unspecified atom stereocenters. The lowest BCUT2D eigenvalue weighted by molar-refractivity contribution is 0.220. The van der Waals surface area contributed by atoms with E-state index >= 15 is 0 Å². The molecule has 0 N–H and O–H groups in total. The molecule has 1 rings (SSSR count). The van der Waals surface area contributed by atoms with Crippen LogP contribution in [0.25, 0.3) is 0 Å². The van der Waals surface area contributed by atoms with Crippen LogP contribution in [-0.2, 0) is 13.6 Å². The van der Waals surface area contributed by atoms with Gasteiger partial charge in [0.1, 0.15) is 0 Å². The normalized spacial score (nSPS) is 31.0. The number of hydrogen-bond acceptors (Lipinski definition) is 3. The van der Waals surface area contributed by atoms with Gasteiger partial charge in [-0.2, -0.15) is 0 Å². The lowest BCUT2D eigenvalue weighted by atomic mass is 10.1. The van der Waals surface area contributed by atoms with Gasteiger partial charge < -0.3 is 9.05 Å². The zero-order chi connectivity index (χ0) is 8.10. The highest BCUT2D eigenvalue weighted by atomic mass is 31.1. The van der Waals surface area contributed by atoms with Gasteiger partial charge in [-0.3, -0.25) is 4.57 Å². The van der Waals surface area contributed by atoms with Crippen molar-refractivity contribution in [3.63, 3.8) is 0 Å². The molecule has 4 heteroatoms. The van der Waals surface area contributed by atoms with E-state index in [4.69, 9.17) is 9.05 Å². The van der Waals surface area contributed by atoms with Gasteiger partial charge in [0.15, 0.2) is 0 Å². The summed E-state index contributed by atoms with van der Waals surface area (Å²) < 4.78 is 20.5. The van der Waals surface area contributed by atoms with Crippen molar-refractivity contribution in [3.8, 4) is 0 Å². The van der Waals surface area contributed by atoms with Gasteiger partial charge in [-0.15, -0.1) is 0 Å². The molecule has 2 atom stereocenters. The average molecular weight is 178 g/mol. The third-order valence-electron chi connectivity index (χ3n) is 1.78. The molecule has 1 aliphatic rings. The Hall–Kier alpha value is 0.150. The van der Waals surface area contributed by atoms with Crippen molar-refractivity contribution in [2.24, 2.45) is 0 Å². The molecule has 0 aromatic heterocycles. The summed E-state index contributed by atoms with van der Waals surface area (Å²) in [5.41, 5.74) is 0. The summed E-state index contributed by atoms with van der Waals surface area (Å²) in [6.45, 7) is 2.69. The van der Waals surface area contributed by atoms with Crippen molar-refractivity contribution in [2.75, 3.05) is 6.61 Å². The Morgan fingerprint density at radius 2 is 2.36 bits per heavy atom. The molecular weight excluding hydrogens is 163 g/mol. The van der Waals surface area contributed by atoms with Crippen LogP contribution in [0.1, 0.15) is 32.6 Å². The molecular formula is C7H15O3P. The van der Waals surface area contributed by atoms with Crippen LogP contribution >= 0.6 is 8.25 Å². The molecule has 0 aromatic carbocycles. The average Bonchev–Trinajstić information content (AvgIpc) is 2.37. The first-order valence-corrected chi connectivity index (χ1v) is 5.39. The molecule has 3 nitrogen and oxygen atoms in total. The van der Waals surface area contributed by atoms with Gasteiger partial charge >= 0.3 is 8.25 Å². The van der Waals surface area contributed by atoms with Crippen LogP contribution in [0.3, 0.4) is 0 Å². The van der Waals surface area contributed by atoms with Crippen molar-refractivity contribution in [1.29, 1.82) is 0 Å². The highest BCUT2D eigenvalue weighted by Gasteiger charge is 2.20. The zero-order valence-corrected chi connectivity index (χ0v) is 7.84. The summed E-state index contributed by atoms with van der Waals surface area (Å²) >= 11 is 0. The van der Waals surface area contributed by atoms with E-state index in [9.17, 15) is 4.57 Å². The second-order valence-electron chi connectivity index (χ2n) is 2.80. The van der Waals surface area contributed by atoms with Crippen molar-refractivity contribution >= 4 is 8.25 Å². The Morgan fingerprint density at radius 3 is 2.91 bits per heavy atom. The summed E-state index contributed by atoms with van der Waals surface area (Å²) in [4.78, 5) is 0. The van der Waals surface area contributed by atoms with Crippen LogP contribution in [0.2, 0.25) is 0 Å². The van der Waals surface area contributed by atoms with Crippen molar-refractivity contribution in [3.05, 3.63) is 0 Å². The van der Waals surface area contributed by atoms with Crippen molar-refractivity contribution < 1.29 is 13.6 Å². The molecule has 1 saturated heterocycles. The van der Waals surface area contributed by atoms with E-state index in [1.165, 1.54) is 12.8 Å². The Balaban J connectivity index is 2.04. The minimum atomic E-state index is -2.09. The predicted octanol–water partition coefficient (Wildman–Crippen LogP) is 2.37. The first kappa shape index (κ1) is 9.24. The molecule has 1 aliphatic heterocycles. The lowest BCUT2D eigenvalue weighted by Gasteiger charge is -2.03. The van der Waals surface area contributed by atoms with Gasteiger partial charge in [0, 0.05) is 0 Å². The van der Waals surface area contributed by atoms with Gasteiger partial charge in [0.2, 0.25) is 0 Å². The largest absolute Gasteiger partial charge is 0.319 e. The van der Waals surface area contributed by atoms with E-state index in [1.54, 1.807) is 0 Å². The standard InChI is InChI=1S/C7H15O3P/c1-2-3-4-5-7-6-9-11(8)10-7/h7,11H,2-6H2,1H3. The van der Waals surface area contributed by atoms with E-state index in [0.717, 1.165) is 12.8 Å². The second kappa shape index (κ2) is 4.91. The highest BCUT2D eigenvalue weighted by molar-refractivity contribution is 7.33. The minimum absolute atomic E-state index is 0.105. The van der Waals surface area contributed by atoms with E-state index in [0.29, 0.717) is 6.61 Å². The van der Waals surface area contributed by atoms with Crippen molar-refractivity contribution in [1.82, 2.24) is 0 Å². The molecule has 0 aromatic rings. The number of unbranched alkanes of at least 4 members (excludes halogenated alkanes) is 2. The molecule has 1 fully saturated rings. The lowest BCUT2D eigenvalue weighted by Crippen LogP contribution is -2.07. The van der Waals surface area contributed by atoms with E-state index in [1.807, 2.05) is 0 Å². The smallest absolute Gasteiger partial charge is 0.308 e. The van der Waals surface area contributed by atoms with Crippen LogP contribution in [0, 0.1) is 0 Å². The monoisotopic (exact) mass is 178 g/mol. The molecule has 0 bridgehead atoms. The zero-order valence-electron chi connectivity index (χ0n) is 6.84. The molecule has 0 amide bonds. The summed E-state index contributed by atoms with van der Waals surface area (Å²) in [7, 11) is -2.09. The molecule has 0 radical (unpaired) electrons. The van der Waals surface area contributed by atoms with E-state index in [-0.39, 0.29) is 6.10 Å². The first-order valence-electron chi connectivity index (χ1n) is 4.16. The van der Waals surface area contributed by atoms with Crippen molar-refractivity contribution in [2.45, 2.75) is 38.7 Å². The van der Waals surface area contributed by atoms with Crippen LogP contribution in [0.15, 0.2) is 0 Å². The summed E-state index contributed by atoms with van der Waals surface area (Å²) in [6.07, 6.45) is 4.68. The maximum atomic E-state index is 10.6. The van der Waals surface area contributed by atoms with Crippen LogP contribution in [0.5, 0.6) is 0 Å². The van der Waals surface area contributed by atoms with Gasteiger partial charge in [0.05, 0.1) is 12.7 Å². The fourth-order valence-corrected chi connectivity index (χ4v) is 1.98. The minimum Gasteiger partial charge on any atom is -0.308 e. The predicted molar refractivity (Wildman–Crippen MR) is 44.0 cm³/mol. The first-order chi connectivity index (χ1) is 5.33. The highest BCUT2D eigenvalue weighted by Crippen LogP contribution is 2.34. The molecule has 11 heavy (non-hydrogen) atoms. The SMILES string of the molecule is CCCCCC1CO[PH](=O)O1. The maximum absolute atomic E-state index is 10.6. The summed E-state index contributed by atoms with van der Waals surface area (Å²) in [5, 5.41) is 0. The quantitative estimate of drug-likeness (QED) is 0.489. The molecule has 66 valence electrons. The third kappa shape index (κ3) is 3.37. The number of rotatable bonds is 4. The molecule has 0 saturated carbocycles. The summed E-state index contributed by atoms with van der Waals surface area (Å²) in [6, 6.07) is 0. The second-order valence-corrected chi connectivity index (χ2v) is 3.82. The van der Waals surface area contributed by atoms with E-state index < -0.39 is 8.25 Å². The van der Waals surface area contributed by atoms with Crippen LogP contribution < -0.4 is 0 Å². The fraction of sp³-hybridized carbons (Fsp3) is 1.00. The van der Waals surface area contributed by atoms with Gasteiger partial charge in [-0.25, -0.2) is 0 Å². The topological polar surface area (TPSA) is 35.5 Å². The molecule has 0 aliphatic carbocycles. The molecule has 0 spiro atoms. The van der Waals surface area contributed by atoms with Crippen LogP contribution in [0.4, 0.5) is 0 Å². The fourth-order valence-electron chi connectivity index (χ4n) is 1.13. The summed E-state index contributed by atoms with van der Waals surface area (Å²) in [5.74, 6) is 0. The Labute approximate surface area is 68.0 Å². The van der Waals surface area contributed by atoms with Gasteiger partial charge in [-0.05, 0) is 6.42 Å².